The van der Waals surface area contributed by atoms with Gasteiger partial charge in [-0.1, -0.05) is 13.8 Å². The Hall–Kier alpha value is -0.0800. The lowest BCUT2D eigenvalue weighted by molar-refractivity contribution is 0.110. The van der Waals surface area contributed by atoms with Gasteiger partial charge >= 0.3 is 0 Å². The largest absolute Gasteiger partial charge is 0.381 e. The Kier molecular flexibility index (Phi) is 5.51. The van der Waals surface area contributed by atoms with E-state index in [-0.39, 0.29) is 5.54 Å². The summed E-state index contributed by atoms with van der Waals surface area (Å²) in [7, 11) is 0. The van der Waals surface area contributed by atoms with Crippen molar-refractivity contribution in [1.82, 2.24) is 0 Å². The number of hydrogen-bond donors (Lipinski definition) is 1. The van der Waals surface area contributed by atoms with Gasteiger partial charge in [-0.25, -0.2) is 0 Å². The lowest BCUT2D eigenvalue weighted by Gasteiger charge is -2.18. The average Bonchev–Trinajstić information content (AvgIpc) is 1.83. The molecule has 0 unspecified atom stereocenters. The molecule has 0 radical (unpaired) electrons. The van der Waals surface area contributed by atoms with E-state index in [1.165, 1.54) is 0 Å². The molecule has 12 heavy (non-hydrogen) atoms. The Morgan fingerprint density at radius 2 is 1.83 bits per heavy atom. The molecule has 0 bridgehead atoms. The second-order valence-corrected chi connectivity index (χ2v) is 4.53. The van der Waals surface area contributed by atoms with E-state index in [1.807, 2.05) is 13.8 Å². The molecule has 2 N–H and O–H groups in total. The maximum atomic E-state index is 5.80. The van der Waals surface area contributed by atoms with Crippen LogP contribution in [0.15, 0.2) is 0 Å². The van der Waals surface area contributed by atoms with Gasteiger partial charge in [0.2, 0.25) is 0 Å². The zero-order chi connectivity index (χ0) is 9.61. The molecule has 0 aromatic carbocycles. The normalized spacial score (nSPS) is 12.5. The van der Waals surface area contributed by atoms with Crippen LogP contribution in [0.25, 0.3) is 0 Å². The van der Waals surface area contributed by atoms with Crippen LogP contribution in [0.4, 0.5) is 0 Å². The van der Waals surface area contributed by atoms with Crippen LogP contribution in [0, 0.1) is 5.92 Å². The molecule has 0 amide bonds. The van der Waals surface area contributed by atoms with Crippen LogP contribution in [-0.4, -0.2) is 18.8 Å². The minimum absolute atomic E-state index is 0.0855. The summed E-state index contributed by atoms with van der Waals surface area (Å²) in [6, 6.07) is 0. The molecule has 0 aliphatic heterocycles. The predicted octanol–water partition coefficient (Wildman–Crippen LogP) is 2.18. The van der Waals surface area contributed by atoms with Gasteiger partial charge in [-0.3, -0.25) is 0 Å². The smallest absolute Gasteiger partial charge is 0.0483 e. The first kappa shape index (κ1) is 11.9. The predicted molar refractivity (Wildman–Crippen MR) is 53.2 cm³/mol. The molecule has 0 atom stereocenters. The zero-order valence-corrected chi connectivity index (χ0v) is 8.89. The Morgan fingerprint density at radius 1 is 1.25 bits per heavy atom. The molecule has 0 aliphatic rings. The maximum absolute atomic E-state index is 5.80. The Morgan fingerprint density at radius 3 is 2.25 bits per heavy atom. The first-order valence-electron chi connectivity index (χ1n) is 4.78. The third kappa shape index (κ3) is 9.92. The first-order chi connectivity index (χ1) is 5.42. The summed E-state index contributed by atoms with van der Waals surface area (Å²) in [6.45, 7) is 10.1. The monoisotopic (exact) mass is 173 g/mol. The van der Waals surface area contributed by atoms with Crippen LogP contribution in [-0.2, 0) is 4.74 Å². The first-order valence-corrected chi connectivity index (χ1v) is 4.78. The summed E-state index contributed by atoms with van der Waals surface area (Å²) in [5.41, 5.74) is 5.71. The number of hydrogen-bond acceptors (Lipinski definition) is 2. The number of rotatable bonds is 6. The van der Waals surface area contributed by atoms with E-state index in [2.05, 4.69) is 13.8 Å². The fourth-order valence-corrected chi connectivity index (χ4v) is 0.756. The molecule has 0 aromatic heterocycles. The molecule has 0 spiro atoms. The van der Waals surface area contributed by atoms with Gasteiger partial charge in [0.25, 0.3) is 0 Å². The van der Waals surface area contributed by atoms with Gasteiger partial charge in [-0.05, 0) is 32.6 Å². The van der Waals surface area contributed by atoms with E-state index in [1.54, 1.807) is 0 Å². The molecule has 74 valence electrons. The van der Waals surface area contributed by atoms with Crippen LogP contribution in [0.5, 0.6) is 0 Å². The topological polar surface area (TPSA) is 35.2 Å². The van der Waals surface area contributed by atoms with Crippen molar-refractivity contribution < 1.29 is 4.74 Å². The molecule has 0 rings (SSSR count). The third-order valence-electron chi connectivity index (χ3n) is 1.73. The Bertz CT molecular complexity index is 105. The van der Waals surface area contributed by atoms with Crippen LogP contribution in [0.1, 0.15) is 40.5 Å². The molecular formula is C10H23NO. The lowest BCUT2D eigenvalue weighted by atomic mass is 10.0. The van der Waals surface area contributed by atoms with Crippen LogP contribution in [0.2, 0.25) is 0 Å². The van der Waals surface area contributed by atoms with Gasteiger partial charge < -0.3 is 10.5 Å². The second-order valence-electron chi connectivity index (χ2n) is 4.53. The molecule has 0 aliphatic carbocycles. The van der Waals surface area contributed by atoms with Gasteiger partial charge in [0.15, 0.2) is 0 Å². The quantitative estimate of drug-likeness (QED) is 0.625. The van der Waals surface area contributed by atoms with Gasteiger partial charge in [0, 0.05) is 18.8 Å². The average molecular weight is 173 g/mol. The van der Waals surface area contributed by atoms with Gasteiger partial charge in [0.05, 0.1) is 0 Å². The summed E-state index contributed by atoms with van der Waals surface area (Å²) >= 11 is 0. The second kappa shape index (κ2) is 5.55. The fourth-order valence-electron chi connectivity index (χ4n) is 0.756. The van der Waals surface area contributed by atoms with Crippen molar-refractivity contribution in [2.45, 2.75) is 46.1 Å². The fraction of sp³-hybridized carbons (Fsp3) is 1.00. The van der Waals surface area contributed by atoms with Gasteiger partial charge in [-0.2, -0.15) is 0 Å². The van der Waals surface area contributed by atoms with E-state index in [4.69, 9.17) is 10.5 Å². The van der Waals surface area contributed by atoms with E-state index < -0.39 is 0 Å². The van der Waals surface area contributed by atoms with Crippen molar-refractivity contribution in [1.29, 1.82) is 0 Å². The molecule has 0 fully saturated rings. The summed E-state index contributed by atoms with van der Waals surface area (Å²) < 4.78 is 5.44. The van der Waals surface area contributed by atoms with Crippen LogP contribution >= 0.6 is 0 Å². The van der Waals surface area contributed by atoms with E-state index in [0.717, 1.165) is 32.0 Å². The Balaban J connectivity index is 3.12. The zero-order valence-electron chi connectivity index (χ0n) is 8.89. The van der Waals surface area contributed by atoms with Crippen molar-refractivity contribution in [3.8, 4) is 0 Å². The third-order valence-corrected chi connectivity index (χ3v) is 1.73. The lowest BCUT2D eigenvalue weighted by Crippen LogP contribution is -2.33. The highest BCUT2D eigenvalue weighted by atomic mass is 16.5. The van der Waals surface area contributed by atoms with E-state index >= 15 is 0 Å². The van der Waals surface area contributed by atoms with Crippen molar-refractivity contribution in [3.63, 3.8) is 0 Å². The summed E-state index contributed by atoms with van der Waals surface area (Å²) in [5, 5.41) is 0. The highest BCUT2D eigenvalue weighted by Gasteiger charge is 2.09. The highest BCUT2D eigenvalue weighted by Crippen LogP contribution is 2.04. The van der Waals surface area contributed by atoms with E-state index in [0.29, 0.717) is 0 Å². The minimum Gasteiger partial charge on any atom is -0.381 e. The van der Waals surface area contributed by atoms with Crippen molar-refractivity contribution in [2.24, 2.45) is 11.7 Å². The molecule has 0 aromatic rings. The Labute approximate surface area is 76.5 Å². The summed E-state index contributed by atoms with van der Waals surface area (Å²) in [5.74, 6) is 0.732. The molecule has 2 heteroatoms. The number of nitrogens with two attached hydrogens (primary N) is 1. The van der Waals surface area contributed by atoms with Crippen molar-refractivity contribution in [2.75, 3.05) is 13.2 Å². The summed E-state index contributed by atoms with van der Waals surface area (Å²) in [4.78, 5) is 0. The van der Waals surface area contributed by atoms with Crippen LogP contribution in [0.3, 0.4) is 0 Å². The molecular weight excluding hydrogens is 150 g/mol. The van der Waals surface area contributed by atoms with Gasteiger partial charge in [-0.15, -0.1) is 0 Å². The van der Waals surface area contributed by atoms with Crippen LogP contribution < -0.4 is 5.73 Å². The minimum atomic E-state index is -0.0855. The van der Waals surface area contributed by atoms with E-state index in [9.17, 15) is 0 Å². The molecule has 0 heterocycles. The van der Waals surface area contributed by atoms with Crippen molar-refractivity contribution >= 4 is 0 Å². The standard InChI is InChI=1S/C10H23NO/c1-9(2)5-7-12-8-6-10(3,4)11/h9H,5-8,11H2,1-4H3. The van der Waals surface area contributed by atoms with Gasteiger partial charge in [0.1, 0.15) is 0 Å². The highest BCUT2D eigenvalue weighted by molar-refractivity contribution is 4.70. The summed E-state index contributed by atoms with van der Waals surface area (Å²) in [6.07, 6.45) is 2.08. The maximum Gasteiger partial charge on any atom is 0.0483 e. The molecule has 0 saturated heterocycles. The SMILES string of the molecule is CC(C)CCOCCC(C)(C)N. The van der Waals surface area contributed by atoms with Crippen molar-refractivity contribution in [3.05, 3.63) is 0 Å². The molecule has 2 nitrogen and oxygen atoms in total. The number of ether oxygens (including phenoxy) is 1. The molecule has 0 saturated carbocycles.